The van der Waals surface area contributed by atoms with Crippen molar-refractivity contribution < 1.29 is 22.0 Å². The Morgan fingerprint density at radius 2 is 1.89 bits per heavy atom. The van der Waals surface area contributed by atoms with E-state index in [0.717, 1.165) is 24.4 Å². The Balaban J connectivity index is 2.54. The highest BCUT2D eigenvalue weighted by molar-refractivity contribution is 5.47. The highest BCUT2D eigenvalue weighted by Crippen LogP contribution is 2.32. The summed E-state index contributed by atoms with van der Waals surface area (Å²) < 4.78 is 63.9. The van der Waals surface area contributed by atoms with Crippen molar-refractivity contribution in [2.75, 3.05) is 5.73 Å². The average Bonchev–Trinajstić information content (AvgIpc) is 2.70. The van der Waals surface area contributed by atoms with Gasteiger partial charge in [0, 0.05) is 0 Å². The van der Waals surface area contributed by atoms with Crippen LogP contribution < -0.4 is 5.73 Å². The predicted octanol–water partition coefficient (Wildman–Crippen LogP) is 3.41. The van der Waals surface area contributed by atoms with Gasteiger partial charge in [0.2, 0.25) is 0 Å². The molecule has 0 saturated heterocycles. The van der Waals surface area contributed by atoms with Crippen molar-refractivity contribution >= 4 is 5.69 Å². The van der Waals surface area contributed by atoms with E-state index in [1.54, 1.807) is 0 Å². The summed E-state index contributed by atoms with van der Waals surface area (Å²) in [6, 6.07) is 3.94. The normalized spacial score (nSPS) is 12.1. The fraction of sp³-hybridized carbons (Fsp3) is 0.182. The minimum absolute atomic E-state index is 0.123. The molecule has 0 bridgehead atoms. The number of rotatable bonds is 2. The maximum Gasteiger partial charge on any atom is 0.416 e. The van der Waals surface area contributed by atoms with Crippen molar-refractivity contribution in [1.82, 2.24) is 9.78 Å². The molecule has 0 unspecified atom stereocenters. The number of nitrogen functional groups attached to an aromatic ring is 1. The van der Waals surface area contributed by atoms with Crippen molar-refractivity contribution in [3.05, 3.63) is 41.7 Å². The summed E-state index contributed by atoms with van der Waals surface area (Å²) in [5.74, 6) is 0. The maximum absolute atomic E-state index is 12.8. The van der Waals surface area contributed by atoms with E-state index in [1.165, 1.54) is 6.07 Å². The molecule has 1 aromatic heterocycles. The van der Waals surface area contributed by atoms with Gasteiger partial charge in [-0.3, -0.25) is 0 Å². The monoisotopic (exact) mass is 277 g/mol. The Hall–Kier alpha value is -2.12. The zero-order chi connectivity index (χ0) is 14.2. The van der Waals surface area contributed by atoms with Crippen LogP contribution in [0.15, 0.2) is 30.5 Å². The first-order valence-electron chi connectivity index (χ1n) is 5.10. The second-order valence-corrected chi connectivity index (χ2v) is 3.75. The lowest BCUT2D eigenvalue weighted by molar-refractivity contribution is -0.137. The third-order valence-corrected chi connectivity index (χ3v) is 2.46. The van der Waals surface area contributed by atoms with E-state index in [1.807, 2.05) is 0 Å². The molecule has 0 spiro atoms. The Kier molecular flexibility index (Phi) is 3.17. The van der Waals surface area contributed by atoms with E-state index in [-0.39, 0.29) is 11.4 Å². The van der Waals surface area contributed by atoms with E-state index >= 15 is 0 Å². The average molecular weight is 277 g/mol. The van der Waals surface area contributed by atoms with Gasteiger partial charge in [-0.15, -0.1) is 0 Å². The van der Waals surface area contributed by atoms with Gasteiger partial charge in [-0.1, -0.05) is 6.07 Å². The van der Waals surface area contributed by atoms with Crippen LogP contribution in [0.5, 0.6) is 0 Å². The predicted molar refractivity (Wildman–Crippen MR) is 57.9 cm³/mol. The van der Waals surface area contributed by atoms with E-state index in [9.17, 15) is 22.0 Å². The van der Waals surface area contributed by atoms with Gasteiger partial charge in [0.25, 0.3) is 6.43 Å². The van der Waals surface area contributed by atoms with Crippen LogP contribution in [-0.4, -0.2) is 9.78 Å². The molecule has 19 heavy (non-hydrogen) atoms. The van der Waals surface area contributed by atoms with Gasteiger partial charge in [0.05, 0.1) is 23.1 Å². The van der Waals surface area contributed by atoms with Crippen LogP contribution in [0.3, 0.4) is 0 Å². The number of halogens is 5. The molecule has 0 radical (unpaired) electrons. The molecule has 0 aliphatic rings. The third-order valence-electron chi connectivity index (χ3n) is 2.46. The number of anilines is 1. The largest absolute Gasteiger partial charge is 0.416 e. The number of hydrogen-bond acceptors (Lipinski definition) is 2. The summed E-state index contributed by atoms with van der Waals surface area (Å²) in [5, 5.41) is 3.57. The van der Waals surface area contributed by atoms with Gasteiger partial charge in [0.15, 0.2) is 0 Å². The second kappa shape index (κ2) is 4.52. The molecule has 0 aliphatic carbocycles. The van der Waals surface area contributed by atoms with E-state index in [0.29, 0.717) is 4.68 Å². The first-order valence-corrected chi connectivity index (χ1v) is 5.10. The molecule has 8 heteroatoms. The lowest BCUT2D eigenvalue weighted by Gasteiger charge is -2.11. The molecule has 2 aromatic rings. The molecule has 3 nitrogen and oxygen atoms in total. The Morgan fingerprint density at radius 3 is 2.47 bits per heavy atom. The summed E-state index contributed by atoms with van der Waals surface area (Å²) in [7, 11) is 0. The first-order chi connectivity index (χ1) is 8.80. The molecule has 1 heterocycles. The van der Waals surface area contributed by atoms with Gasteiger partial charge in [-0.25, -0.2) is 13.5 Å². The second-order valence-electron chi connectivity index (χ2n) is 3.75. The fourth-order valence-corrected chi connectivity index (χ4v) is 1.61. The zero-order valence-corrected chi connectivity index (χ0v) is 9.33. The minimum atomic E-state index is -4.56. The molecule has 0 fully saturated rings. The smallest absolute Gasteiger partial charge is 0.396 e. The van der Waals surface area contributed by atoms with Crippen LogP contribution in [0.4, 0.5) is 27.6 Å². The summed E-state index contributed by atoms with van der Waals surface area (Å²) in [4.78, 5) is 0. The highest BCUT2D eigenvalue weighted by Gasteiger charge is 2.31. The van der Waals surface area contributed by atoms with Crippen molar-refractivity contribution in [2.24, 2.45) is 0 Å². The first kappa shape index (κ1) is 13.3. The van der Waals surface area contributed by atoms with Crippen molar-refractivity contribution in [3.8, 4) is 5.69 Å². The summed E-state index contributed by atoms with van der Waals surface area (Å²) in [6.07, 6.45) is -6.52. The molecule has 2 N–H and O–H groups in total. The van der Waals surface area contributed by atoms with Crippen molar-refractivity contribution in [1.29, 1.82) is 0 Å². The van der Waals surface area contributed by atoms with Gasteiger partial charge in [-0.2, -0.15) is 18.3 Å². The maximum atomic E-state index is 12.8. The molecule has 0 saturated carbocycles. The Bertz CT molecular complexity index is 588. The van der Waals surface area contributed by atoms with Crippen LogP contribution >= 0.6 is 0 Å². The molecular formula is C11H8F5N3. The topological polar surface area (TPSA) is 43.8 Å². The zero-order valence-electron chi connectivity index (χ0n) is 9.33. The molecule has 0 atom stereocenters. The Labute approximate surface area is 104 Å². The lowest BCUT2D eigenvalue weighted by atomic mass is 10.2. The minimum Gasteiger partial charge on any atom is -0.396 e. The van der Waals surface area contributed by atoms with Crippen molar-refractivity contribution in [2.45, 2.75) is 12.6 Å². The van der Waals surface area contributed by atoms with Gasteiger partial charge >= 0.3 is 6.18 Å². The molecule has 0 amide bonds. The van der Waals surface area contributed by atoms with Crippen LogP contribution in [0.25, 0.3) is 5.69 Å². The highest BCUT2D eigenvalue weighted by atomic mass is 19.4. The third kappa shape index (κ3) is 2.51. The Morgan fingerprint density at radius 1 is 1.21 bits per heavy atom. The summed E-state index contributed by atoms with van der Waals surface area (Å²) in [5.41, 5.74) is 3.35. The number of nitrogens with zero attached hydrogens (tertiary/aromatic N) is 2. The molecule has 102 valence electrons. The van der Waals surface area contributed by atoms with Crippen molar-refractivity contribution in [3.63, 3.8) is 0 Å². The van der Waals surface area contributed by atoms with Crippen LogP contribution in [-0.2, 0) is 6.18 Å². The summed E-state index contributed by atoms with van der Waals surface area (Å²) in [6.45, 7) is 0. The van der Waals surface area contributed by atoms with Crippen LogP contribution in [0, 0.1) is 0 Å². The number of alkyl halides is 5. The number of hydrogen-bond donors (Lipinski definition) is 1. The molecule has 0 aliphatic heterocycles. The number of benzene rings is 1. The quantitative estimate of drug-likeness (QED) is 0.855. The number of aromatic nitrogens is 2. The van der Waals surface area contributed by atoms with Gasteiger partial charge < -0.3 is 5.73 Å². The van der Waals surface area contributed by atoms with E-state index in [2.05, 4.69) is 5.10 Å². The standard InChI is InChI=1S/C11H8F5N3/c12-10(13)9-8(17)5-18-19(9)7-3-1-2-6(4-7)11(14,15)16/h1-5,10H,17H2. The van der Waals surface area contributed by atoms with Crippen LogP contribution in [0.2, 0.25) is 0 Å². The van der Waals surface area contributed by atoms with Gasteiger partial charge in [-0.05, 0) is 18.2 Å². The molecular weight excluding hydrogens is 269 g/mol. The molecule has 2 rings (SSSR count). The molecule has 1 aromatic carbocycles. The number of nitrogens with two attached hydrogens (primary N) is 1. The SMILES string of the molecule is Nc1cnn(-c2cccc(C(F)(F)F)c2)c1C(F)F. The summed E-state index contributed by atoms with van der Waals surface area (Å²) >= 11 is 0. The fourth-order valence-electron chi connectivity index (χ4n) is 1.61. The van der Waals surface area contributed by atoms with Crippen LogP contribution in [0.1, 0.15) is 17.7 Å². The van der Waals surface area contributed by atoms with E-state index < -0.39 is 23.9 Å². The van der Waals surface area contributed by atoms with Gasteiger partial charge in [0.1, 0.15) is 5.69 Å². The lowest BCUT2D eigenvalue weighted by Crippen LogP contribution is -2.08. The van der Waals surface area contributed by atoms with E-state index in [4.69, 9.17) is 5.73 Å².